The highest BCUT2D eigenvalue weighted by Gasteiger charge is 2.10. The van der Waals surface area contributed by atoms with Crippen molar-refractivity contribution in [2.75, 3.05) is 0 Å². The minimum Gasteiger partial charge on any atom is -0.306 e. The summed E-state index contributed by atoms with van der Waals surface area (Å²) in [4.78, 5) is 0. The van der Waals surface area contributed by atoms with Crippen LogP contribution in [0.15, 0.2) is 48.5 Å². The molecule has 1 atom stereocenters. The predicted molar refractivity (Wildman–Crippen MR) is 82.1 cm³/mol. The van der Waals surface area contributed by atoms with Crippen molar-refractivity contribution in [3.8, 4) is 0 Å². The van der Waals surface area contributed by atoms with Crippen LogP contribution in [0.25, 0.3) is 0 Å². The average Bonchev–Trinajstić information content (AvgIpc) is 2.48. The lowest BCUT2D eigenvalue weighted by atomic mass is 10.0. The summed E-state index contributed by atoms with van der Waals surface area (Å²) in [5.74, 6) is -0.170. The van der Waals surface area contributed by atoms with Gasteiger partial charge in [-0.2, -0.15) is 0 Å². The van der Waals surface area contributed by atoms with E-state index in [2.05, 4.69) is 43.4 Å². The molecule has 2 aromatic carbocycles. The van der Waals surface area contributed by atoms with Crippen LogP contribution in [0.2, 0.25) is 0 Å². The Morgan fingerprint density at radius 2 is 1.75 bits per heavy atom. The van der Waals surface area contributed by atoms with E-state index in [0.29, 0.717) is 0 Å². The molecule has 0 saturated carbocycles. The molecule has 2 heteroatoms. The first-order valence-corrected chi connectivity index (χ1v) is 7.30. The van der Waals surface area contributed by atoms with Crippen LogP contribution in [-0.4, -0.2) is 0 Å². The number of rotatable bonds is 6. The second-order valence-electron chi connectivity index (χ2n) is 5.02. The van der Waals surface area contributed by atoms with E-state index >= 15 is 0 Å². The molecule has 1 unspecified atom stereocenters. The molecule has 106 valence electrons. The Hall–Kier alpha value is -1.67. The van der Waals surface area contributed by atoms with Crippen molar-refractivity contribution >= 4 is 0 Å². The molecule has 0 aliphatic heterocycles. The lowest BCUT2D eigenvalue weighted by molar-refractivity contribution is 0.513. The van der Waals surface area contributed by atoms with Gasteiger partial charge in [0.25, 0.3) is 0 Å². The topological polar surface area (TPSA) is 12.0 Å². The standard InChI is InChI=1S/C18H22FN/c1-3-14-8-5-6-9-16(14)13-20-18(4-2)15-10-7-11-17(19)12-15/h5-12,18,20H,3-4,13H2,1-2H3. The van der Waals surface area contributed by atoms with Gasteiger partial charge >= 0.3 is 0 Å². The Morgan fingerprint density at radius 1 is 1.00 bits per heavy atom. The van der Waals surface area contributed by atoms with Crippen LogP contribution in [0.4, 0.5) is 4.39 Å². The van der Waals surface area contributed by atoms with E-state index < -0.39 is 0 Å². The van der Waals surface area contributed by atoms with E-state index in [9.17, 15) is 4.39 Å². The molecule has 0 saturated heterocycles. The van der Waals surface area contributed by atoms with Crippen LogP contribution < -0.4 is 5.32 Å². The van der Waals surface area contributed by atoms with Gasteiger partial charge < -0.3 is 5.32 Å². The lowest BCUT2D eigenvalue weighted by Gasteiger charge is -2.18. The molecular formula is C18H22FN. The second-order valence-corrected chi connectivity index (χ2v) is 5.02. The van der Waals surface area contributed by atoms with Crippen molar-refractivity contribution in [3.63, 3.8) is 0 Å². The van der Waals surface area contributed by atoms with Gasteiger partial charge in [-0.1, -0.05) is 50.2 Å². The van der Waals surface area contributed by atoms with Crippen LogP contribution in [-0.2, 0) is 13.0 Å². The molecular weight excluding hydrogens is 249 g/mol. The van der Waals surface area contributed by atoms with Crippen LogP contribution in [0.1, 0.15) is 43.0 Å². The molecule has 0 aliphatic rings. The zero-order chi connectivity index (χ0) is 14.4. The van der Waals surface area contributed by atoms with Gasteiger partial charge in [0.2, 0.25) is 0 Å². The third-order valence-electron chi connectivity index (χ3n) is 3.70. The van der Waals surface area contributed by atoms with Gasteiger partial charge in [-0.15, -0.1) is 0 Å². The summed E-state index contributed by atoms with van der Waals surface area (Å²) in [6, 6.07) is 15.5. The number of halogens is 1. The quantitative estimate of drug-likeness (QED) is 0.807. The fourth-order valence-electron chi connectivity index (χ4n) is 2.53. The molecule has 2 rings (SSSR count). The van der Waals surface area contributed by atoms with E-state index in [4.69, 9.17) is 0 Å². The van der Waals surface area contributed by atoms with Crippen molar-refractivity contribution in [1.29, 1.82) is 0 Å². The Balaban J connectivity index is 2.08. The molecule has 0 spiro atoms. The summed E-state index contributed by atoms with van der Waals surface area (Å²) in [7, 11) is 0. The minimum atomic E-state index is -0.170. The van der Waals surface area contributed by atoms with Gasteiger partial charge in [-0.3, -0.25) is 0 Å². The first-order valence-electron chi connectivity index (χ1n) is 7.30. The highest BCUT2D eigenvalue weighted by molar-refractivity contribution is 5.27. The average molecular weight is 271 g/mol. The summed E-state index contributed by atoms with van der Waals surface area (Å²) >= 11 is 0. The Labute approximate surface area is 120 Å². The molecule has 1 N–H and O–H groups in total. The monoisotopic (exact) mass is 271 g/mol. The SMILES string of the molecule is CCc1ccccc1CNC(CC)c1cccc(F)c1. The molecule has 0 amide bonds. The second kappa shape index (κ2) is 7.20. The molecule has 1 nitrogen and oxygen atoms in total. The van der Waals surface area contributed by atoms with Crippen LogP contribution in [0, 0.1) is 5.82 Å². The van der Waals surface area contributed by atoms with Gasteiger partial charge in [0.1, 0.15) is 5.82 Å². The third-order valence-corrected chi connectivity index (χ3v) is 3.70. The van der Waals surface area contributed by atoms with Crippen molar-refractivity contribution in [1.82, 2.24) is 5.32 Å². The summed E-state index contributed by atoms with van der Waals surface area (Å²) in [6.07, 6.45) is 1.98. The van der Waals surface area contributed by atoms with E-state index in [1.807, 2.05) is 6.07 Å². The largest absolute Gasteiger partial charge is 0.306 e. The number of hydrogen-bond donors (Lipinski definition) is 1. The molecule has 0 fully saturated rings. The maximum absolute atomic E-state index is 13.3. The van der Waals surface area contributed by atoms with Crippen LogP contribution >= 0.6 is 0 Å². The van der Waals surface area contributed by atoms with E-state index in [1.165, 1.54) is 17.2 Å². The smallest absolute Gasteiger partial charge is 0.123 e. The molecule has 20 heavy (non-hydrogen) atoms. The highest BCUT2D eigenvalue weighted by Crippen LogP contribution is 2.19. The van der Waals surface area contributed by atoms with Gasteiger partial charge in [0.15, 0.2) is 0 Å². The summed E-state index contributed by atoms with van der Waals surface area (Å²) in [5.41, 5.74) is 3.71. The molecule has 0 aromatic heterocycles. The first-order chi connectivity index (χ1) is 9.74. The fraction of sp³-hybridized carbons (Fsp3) is 0.333. The summed E-state index contributed by atoms with van der Waals surface area (Å²) in [5, 5.41) is 3.54. The predicted octanol–water partition coefficient (Wildman–Crippen LogP) is 4.63. The van der Waals surface area contributed by atoms with E-state index in [0.717, 1.165) is 24.9 Å². The van der Waals surface area contributed by atoms with Gasteiger partial charge in [0.05, 0.1) is 0 Å². The lowest BCUT2D eigenvalue weighted by Crippen LogP contribution is -2.21. The molecule has 2 aromatic rings. The van der Waals surface area contributed by atoms with Gasteiger partial charge in [-0.25, -0.2) is 4.39 Å². The summed E-state index contributed by atoms with van der Waals surface area (Å²) < 4.78 is 13.3. The zero-order valence-corrected chi connectivity index (χ0v) is 12.2. The number of hydrogen-bond acceptors (Lipinski definition) is 1. The maximum atomic E-state index is 13.3. The van der Waals surface area contributed by atoms with E-state index in [-0.39, 0.29) is 11.9 Å². The van der Waals surface area contributed by atoms with Crippen molar-refractivity contribution < 1.29 is 4.39 Å². The van der Waals surface area contributed by atoms with Crippen LogP contribution in [0.5, 0.6) is 0 Å². The fourth-order valence-corrected chi connectivity index (χ4v) is 2.53. The van der Waals surface area contributed by atoms with E-state index in [1.54, 1.807) is 12.1 Å². The van der Waals surface area contributed by atoms with Crippen molar-refractivity contribution in [3.05, 3.63) is 71.0 Å². The molecule has 0 heterocycles. The molecule has 0 bridgehead atoms. The van der Waals surface area contributed by atoms with Crippen LogP contribution in [0.3, 0.4) is 0 Å². The molecule has 0 radical (unpaired) electrons. The van der Waals surface area contributed by atoms with Gasteiger partial charge in [-0.05, 0) is 41.7 Å². The normalized spacial score (nSPS) is 12.3. The minimum absolute atomic E-state index is 0.170. The Bertz CT molecular complexity index is 551. The molecule has 0 aliphatic carbocycles. The number of benzene rings is 2. The Morgan fingerprint density at radius 3 is 2.40 bits per heavy atom. The third kappa shape index (κ3) is 3.67. The zero-order valence-electron chi connectivity index (χ0n) is 12.2. The van der Waals surface area contributed by atoms with Gasteiger partial charge in [0, 0.05) is 12.6 Å². The van der Waals surface area contributed by atoms with Crippen molar-refractivity contribution in [2.45, 2.75) is 39.3 Å². The maximum Gasteiger partial charge on any atom is 0.123 e. The van der Waals surface area contributed by atoms with Crippen molar-refractivity contribution in [2.24, 2.45) is 0 Å². The number of nitrogens with one attached hydrogen (secondary N) is 1. The highest BCUT2D eigenvalue weighted by atomic mass is 19.1. The summed E-state index contributed by atoms with van der Waals surface area (Å²) in [6.45, 7) is 5.11. The Kier molecular flexibility index (Phi) is 5.31. The first kappa shape index (κ1) is 14.7. The number of aryl methyl sites for hydroxylation is 1.